The summed E-state index contributed by atoms with van der Waals surface area (Å²) in [6, 6.07) is 4.21. The summed E-state index contributed by atoms with van der Waals surface area (Å²) < 4.78 is 24.3. The highest BCUT2D eigenvalue weighted by atomic mass is 79.9. The highest BCUT2D eigenvalue weighted by Gasteiger charge is 2.36. The Morgan fingerprint density at radius 2 is 2.00 bits per heavy atom. The van der Waals surface area contributed by atoms with Crippen molar-refractivity contribution >= 4 is 37.1 Å². The van der Waals surface area contributed by atoms with Crippen LogP contribution in [0.2, 0.25) is 0 Å². The molecule has 0 saturated carbocycles. The molecule has 0 N–H and O–H groups in total. The van der Waals surface area contributed by atoms with E-state index >= 15 is 0 Å². The second-order valence-electron chi connectivity index (χ2n) is 6.25. The predicted molar refractivity (Wildman–Crippen MR) is 86.1 cm³/mol. The van der Waals surface area contributed by atoms with Gasteiger partial charge >= 0.3 is 0 Å². The van der Waals surface area contributed by atoms with Gasteiger partial charge in [-0.15, -0.1) is 11.3 Å². The zero-order valence-corrected chi connectivity index (χ0v) is 14.9. The van der Waals surface area contributed by atoms with Gasteiger partial charge in [-0.2, -0.15) is 0 Å². The van der Waals surface area contributed by atoms with Crippen LogP contribution in [-0.4, -0.2) is 19.4 Å². The normalized spacial score (nSPS) is 25.2. The molecule has 2 heterocycles. The van der Waals surface area contributed by atoms with Gasteiger partial charge in [0.2, 0.25) is 0 Å². The van der Waals surface area contributed by atoms with E-state index in [1.165, 1.54) is 4.88 Å². The second kappa shape index (κ2) is 5.49. The smallest absolute Gasteiger partial charge is 0.154 e. The summed E-state index contributed by atoms with van der Waals surface area (Å²) in [6.07, 6.45) is 2.61. The molecule has 0 aromatic carbocycles. The van der Waals surface area contributed by atoms with E-state index in [0.717, 1.165) is 24.1 Å². The maximum atomic E-state index is 12.2. The molecular formula is C14H21BrO2S2. The minimum atomic E-state index is -2.94. The lowest BCUT2D eigenvalue weighted by Crippen LogP contribution is -2.31. The molecule has 1 aliphatic heterocycles. The molecule has 1 aliphatic rings. The number of sulfone groups is 1. The Balaban J connectivity index is 2.24. The first-order valence-electron chi connectivity index (χ1n) is 6.68. The van der Waals surface area contributed by atoms with Crippen LogP contribution in [0.15, 0.2) is 12.1 Å². The number of alkyl halides is 1. The number of hydrogen-bond acceptors (Lipinski definition) is 3. The molecule has 0 radical (unpaired) electrons. The van der Waals surface area contributed by atoms with Gasteiger partial charge in [-0.3, -0.25) is 0 Å². The first-order chi connectivity index (χ1) is 8.72. The van der Waals surface area contributed by atoms with Crippen molar-refractivity contribution in [1.29, 1.82) is 0 Å². The number of thiophene rings is 1. The van der Waals surface area contributed by atoms with Gasteiger partial charge in [-0.05, 0) is 30.4 Å². The molecule has 0 bridgehead atoms. The fourth-order valence-corrected chi connectivity index (χ4v) is 7.22. The standard InChI is InChI=1S/C14H21BrO2S2/c1-14(2,3)12-8-7-10(18-12)13(15)11-6-4-5-9-19(11,16)17/h7-8,11,13H,4-6,9H2,1-3H3. The average Bonchev–Trinajstić information content (AvgIpc) is 2.76. The van der Waals surface area contributed by atoms with Crippen molar-refractivity contribution in [3.63, 3.8) is 0 Å². The molecule has 0 spiro atoms. The molecular weight excluding hydrogens is 344 g/mol. The van der Waals surface area contributed by atoms with E-state index in [1.807, 2.05) is 0 Å². The Morgan fingerprint density at radius 1 is 1.32 bits per heavy atom. The highest BCUT2D eigenvalue weighted by Crippen LogP contribution is 2.41. The Kier molecular flexibility index (Phi) is 4.48. The Hall–Kier alpha value is 0.130. The van der Waals surface area contributed by atoms with E-state index in [0.29, 0.717) is 5.75 Å². The molecule has 1 aromatic heterocycles. The van der Waals surface area contributed by atoms with Crippen LogP contribution >= 0.6 is 27.3 Å². The van der Waals surface area contributed by atoms with Crippen molar-refractivity contribution in [3.05, 3.63) is 21.9 Å². The first kappa shape index (κ1) is 15.5. The zero-order chi connectivity index (χ0) is 14.3. The van der Waals surface area contributed by atoms with Crippen LogP contribution in [0.5, 0.6) is 0 Å². The average molecular weight is 365 g/mol. The van der Waals surface area contributed by atoms with Crippen LogP contribution < -0.4 is 0 Å². The van der Waals surface area contributed by atoms with E-state index in [2.05, 4.69) is 48.8 Å². The Labute approximate surface area is 128 Å². The molecule has 5 heteroatoms. The van der Waals surface area contributed by atoms with Crippen LogP contribution in [0.3, 0.4) is 0 Å². The maximum Gasteiger partial charge on any atom is 0.154 e. The third kappa shape index (κ3) is 3.42. The minimum absolute atomic E-state index is 0.0566. The minimum Gasteiger partial charge on any atom is -0.228 e. The third-order valence-electron chi connectivity index (χ3n) is 3.59. The van der Waals surface area contributed by atoms with Crippen LogP contribution in [0.4, 0.5) is 0 Å². The van der Waals surface area contributed by atoms with Gasteiger partial charge in [0, 0.05) is 9.75 Å². The van der Waals surface area contributed by atoms with E-state index in [4.69, 9.17) is 0 Å². The molecule has 1 aromatic rings. The molecule has 2 rings (SSSR count). The topological polar surface area (TPSA) is 34.1 Å². The van der Waals surface area contributed by atoms with Crippen molar-refractivity contribution in [3.8, 4) is 0 Å². The van der Waals surface area contributed by atoms with E-state index in [9.17, 15) is 8.42 Å². The van der Waals surface area contributed by atoms with Gasteiger partial charge in [0.25, 0.3) is 0 Å². The summed E-state index contributed by atoms with van der Waals surface area (Å²) in [7, 11) is -2.94. The zero-order valence-electron chi connectivity index (χ0n) is 11.6. The lowest BCUT2D eigenvalue weighted by atomic mass is 9.95. The molecule has 2 unspecified atom stereocenters. The summed E-state index contributed by atoms with van der Waals surface area (Å²) in [6.45, 7) is 6.55. The van der Waals surface area contributed by atoms with Gasteiger partial charge in [0.15, 0.2) is 9.84 Å². The monoisotopic (exact) mass is 364 g/mol. The van der Waals surface area contributed by atoms with Crippen molar-refractivity contribution in [2.24, 2.45) is 0 Å². The lowest BCUT2D eigenvalue weighted by molar-refractivity contribution is 0.538. The largest absolute Gasteiger partial charge is 0.228 e. The summed E-state index contributed by atoms with van der Waals surface area (Å²) in [5.74, 6) is 0.345. The van der Waals surface area contributed by atoms with Gasteiger partial charge < -0.3 is 0 Å². The molecule has 0 amide bonds. The van der Waals surface area contributed by atoms with Gasteiger partial charge in [-0.1, -0.05) is 43.1 Å². The van der Waals surface area contributed by atoms with Gasteiger partial charge in [-0.25, -0.2) is 8.42 Å². The van der Waals surface area contributed by atoms with E-state index < -0.39 is 9.84 Å². The van der Waals surface area contributed by atoms with Crippen LogP contribution in [-0.2, 0) is 15.3 Å². The Morgan fingerprint density at radius 3 is 2.53 bits per heavy atom. The fraction of sp³-hybridized carbons (Fsp3) is 0.714. The Bertz CT molecular complexity index is 540. The first-order valence-corrected chi connectivity index (χ1v) is 10.1. The van der Waals surface area contributed by atoms with E-state index in [1.54, 1.807) is 11.3 Å². The van der Waals surface area contributed by atoms with E-state index in [-0.39, 0.29) is 15.5 Å². The maximum absolute atomic E-state index is 12.2. The quantitative estimate of drug-likeness (QED) is 0.726. The second-order valence-corrected chi connectivity index (χ2v) is 10.7. The highest BCUT2D eigenvalue weighted by molar-refractivity contribution is 9.09. The van der Waals surface area contributed by atoms with Crippen molar-refractivity contribution in [2.75, 3.05) is 5.75 Å². The van der Waals surface area contributed by atoms with Crippen molar-refractivity contribution in [2.45, 2.75) is 55.5 Å². The van der Waals surface area contributed by atoms with Crippen molar-refractivity contribution < 1.29 is 8.42 Å². The summed E-state index contributed by atoms with van der Waals surface area (Å²) in [4.78, 5) is 2.39. The summed E-state index contributed by atoms with van der Waals surface area (Å²) in [5.41, 5.74) is 0.126. The molecule has 108 valence electrons. The molecule has 19 heavy (non-hydrogen) atoms. The molecule has 1 fully saturated rings. The SMILES string of the molecule is CC(C)(C)c1ccc(C(Br)C2CCCCS2(=O)=O)s1. The van der Waals surface area contributed by atoms with Crippen LogP contribution in [0.25, 0.3) is 0 Å². The number of rotatable bonds is 2. The van der Waals surface area contributed by atoms with Crippen molar-refractivity contribution in [1.82, 2.24) is 0 Å². The molecule has 0 aliphatic carbocycles. The summed E-state index contributed by atoms with van der Waals surface area (Å²) >= 11 is 5.37. The van der Waals surface area contributed by atoms with Gasteiger partial charge in [0.05, 0.1) is 15.8 Å². The number of halogens is 1. The lowest BCUT2D eigenvalue weighted by Gasteiger charge is -2.26. The molecule has 2 nitrogen and oxygen atoms in total. The molecule has 1 saturated heterocycles. The summed E-state index contributed by atoms with van der Waals surface area (Å²) in [5, 5.41) is -0.257. The van der Waals surface area contributed by atoms with Gasteiger partial charge in [0.1, 0.15) is 0 Å². The number of hydrogen-bond donors (Lipinski definition) is 0. The van der Waals surface area contributed by atoms with Crippen LogP contribution in [0, 0.1) is 0 Å². The fourth-order valence-electron chi connectivity index (χ4n) is 2.40. The predicted octanol–water partition coefficient (Wildman–Crippen LogP) is 4.45. The van der Waals surface area contributed by atoms with Crippen LogP contribution in [0.1, 0.15) is 54.6 Å². The molecule has 2 atom stereocenters. The third-order valence-corrected chi connectivity index (χ3v) is 9.26.